The van der Waals surface area contributed by atoms with Crippen molar-refractivity contribution in [2.75, 3.05) is 12.8 Å². The largest absolute Gasteiger partial charge is 0.509 e. The van der Waals surface area contributed by atoms with Gasteiger partial charge in [-0.3, -0.25) is 9.59 Å². The monoisotopic (exact) mass is 397 g/mol. The average Bonchev–Trinajstić information content (AvgIpc) is 3.07. The van der Waals surface area contributed by atoms with Gasteiger partial charge >= 0.3 is 11.9 Å². The molecule has 2 atom stereocenters. The van der Waals surface area contributed by atoms with Gasteiger partial charge in [0.05, 0.1) is 23.8 Å². The summed E-state index contributed by atoms with van der Waals surface area (Å²) in [7, 11) is 1.11. The zero-order valence-electron chi connectivity index (χ0n) is 16.1. The third kappa shape index (κ3) is 2.22. The standard InChI is InChI=1S/C21H19NO7/c1-11(2)12-7-8-13-16(9-12)28-21(27-10-23)14-5-4-6-15(22)17(14)18(24)20(13,21)29-19(25)26-3/h4-11H,22H2,1-3H3. The van der Waals surface area contributed by atoms with Crippen LogP contribution in [0.3, 0.4) is 0 Å². The number of benzene rings is 2. The number of nitrogen functional groups attached to an aromatic ring is 1. The fourth-order valence-corrected chi connectivity index (χ4v) is 4.04. The summed E-state index contributed by atoms with van der Waals surface area (Å²) in [6.07, 6.45) is -1.13. The highest BCUT2D eigenvalue weighted by Crippen LogP contribution is 2.62. The lowest BCUT2D eigenvalue weighted by atomic mass is 9.85. The number of carbonyl (C=O) groups excluding carboxylic acids is 3. The van der Waals surface area contributed by atoms with Gasteiger partial charge in [-0.15, -0.1) is 0 Å². The van der Waals surface area contributed by atoms with Gasteiger partial charge in [0.25, 0.3) is 12.1 Å². The van der Waals surface area contributed by atoms with Gasteiger partial charge in [-0.2, -0.15) is 0 Å². The molecule has 0 fully saturated rings. The molecule has 1 heterocycles. The van der Waals surface area contributed by atoms with Crippen molar-refractivity contribution in [3.8, 4) is 5.75 Å². The summed E-state index contributed by atoms with van der Waals surface area (Å²) in [6, 6.07) is 9.83. The summed E-state index contributed by atoms with van der Waals surface area (Å²) in [5.74, 6) is -2.27. The molecule has 2 N–H and O–H groups in total. The van der Waals surface area contributed by atoms with Crippen LogP contribution in [0.4, 0.5) is 10.5 Å². The second kappa shape index (κ2) is 6.23. The Morgan fingerprint density at radius 3 is 2.62 bits per heavy atom. The fourth-order valence-electron chi connectivity index (χ4n) is 4.04. The number of carbonyl (C=O) groups is 3. The van der Waals surface area contributed by atoms with Crippen LogP contribution < -0.4 is 10.5 Å². The second-order valence-corrected chi connectivity index (χ2v) is 7.18. The van der Waals surface area contributed by atoms with E-state index in [1.54, 1.807) is 30.3 Å². The number of ether oxygens (including phenoxy) is 4. The van der Waals surface area contributed by atoms with Gasteiger partial charge in [-0.1, -0.05) is 38.1 Å². The normalized spacial score (nSPS) is 23.7. The molecule has 0 aromatic heterocycles. The molecule has 4 rings (SSSR count). The van der Waals surface area contributed by atoms with E-state index in [9.17, 15) is 14.4 Å². The first-order valence-electron chi connectivity index (χ1n) is 8.98. The van der Waals surface area contributed by atoms with Gasteiger partial charge in [0.2, 0.25) is 5.78 Å². The first-order valence-corrected chi connectivity index (χ1v) is 8.98. The molecule has 8 nitrogen and oxygen atoms in total. The van der Waals surface area contributed by atoms with Crippen molar-refractivity contribution < 1.29 is 33.3 Å². The van der Waals surface area contributed by atoms with Crippen molar-refractivity contribution in [1.29, 1.82) is 0 Å². The molecule has 29 heavy (non-hydrogen) atoms. The van der Waals surface area contributed by atoms with Gasteiger partial charge in [0.1, 0.15) is 5.75 Å². The maximum Gasteiger partial charge on any atom is 0.509 e. The van der Waals surface area contributed by atoms with E-state index in [-0.39, 0.29) is 40.5 Å². The SMILES string of the molecule is COC(=O)OC12C(=O)c3c(N)cccc3C1(OC=O)Oc1cc(C(C)C)ccc12. The molecule has 0 saturated heterocycles. The molecule has 150 valence electrons. The topological polar surface area (TPSA) is 114 Å². The lowest BCUT2D eigenvalue weighted by molar-refractivity contribution is -0.241. The summed E-state index contributed by atoms with van der Waals surface area (Å²) in [6.45, 7) is 4.14. The van der Waals surface area contributed by atoms with Crippen LogP contribution in [0.15, 0.2) is 36.4 Å². The third-order valence-corrected chi connectivity index (χ3v) is 5.38. The van der Waals surface area contributed by atoms with Gasteiger partial charge in [0.15, 0.2) is 0 Å². The van der Waals surface area contributed by atoms with Crippen LogP contribution in [-0.2, 0) is 30.4 Å². The highest BCUT2D eigenvalue weighted by Gasteiger charge is 2.77. The van der Waals surface area contributed by atoms with E-state index >= 15 is 0 Å². The smallest absolute Gasteiger partial charge is 0.444 e. The lowest BCUT2D eigenvalue weighted by Gasteiger charge is -2.34. The number of anilines is 1. The molecule has 0 spiro atoms. The van der Waals surface area contributed by atoms with Crippen molar-refractivity contribution in [3.05, 3.63) is 58.7 Å². The number of hydrogen-bond acceptors (Lipinski definition) is 8. The van der Waals surface area contributed by atoms with E-state index in [0.29, 0.717) is 0 Å². The first kappa shape index (κ1) is 18.8. The number of nitrogens with two attached hydrogens (primary N) is 1. The Kier molecular flexibility index (Phi) is 4.04. The highest BCUT2D eigenvalue weighted by molar-refractivity contribution is 6.14. The number of ketones is 1. The summed E-state index contributed by atoms with van der Waals surface area (Å²) in [5.41, 5.74) is 5.50. The molecule has 1 aliphatic carbocycles. The van der Waals surface area contributed by atoms with Crippen molar-refractivity contribution >= 4 is 24.1 Å². The molecule has 2 aliphatic rings. The van der Waals surface area contributed by atoms with Crippen molar-refractivity contribution in [2.45, 2.75) is 31.2 Å². The highest BCUT2D eigenvalue weighted by atomic mass is 16.8. The molecule has 0 amide bonds. The van der Waals surface area contributed by atoms with Gasteiger partial charge in [-0.05, 0) is 23.6 Å². The van der Waals surface area contributed by atoms with E-state index in [0.717, 1.165) is 12.7 Å². The Morgan fingerprint density at radius 1 is 1.21 bits per heavy atom. The van der Waals surface area contributed by atoms with E-state index < -0.39 is 23.3 Å². The zero-order valence-corrected chi connectivity index (χ0v) is 16.1. The maximum atomic E-state index is 13.6. The quantitative estimate of drug-likeness (QED) is 0.476. The molecule has 0 bridgehead atoms. The summed E-state index contributed by atoms with van der Waals surface area (Å²) in [5, 5.41) is 0. The molecule has 2 aromatic rings. The molecule has 2 unspecified atom stereocenters. The predicted octanol–water partition coefficient (Wildman–Crippen LogP) is 2.99. The lowest BCUT2D eigenvalue weighted by Crippen LogP contribution is -2.53. The molecule has 8 heteroatoms. The van der Waals surface area contributed by atoms with Gasteiger partial charge < -0.3 is 24.7 Å². The Labute approximate surface area is 166 Å². The van der Waals surface area contributed by atoms with Crippen LogP contribution in [0.25, 0.3) is 0 Å². The number of rotatable bonds is 4. The van der Waals surface area contributed by atoms with Crippen LogP contribution >= 0.6 is 0 Å². The van der Waals surface area contributed by atoms with Crippen LogP contribution in [0.1, 0.15) is 46.8 Å². The Morgan fingerprint density at radius 2 is 1.97 bits per heavy atom. The van der Waals surface area contributed by atoms with Crippen molar-refractivity contribution in [3.63, 3.8) is 0 Å². The molecule has 1 aliphatic heterocycles. The fraction of sp³-hybridized carbons (Fsp3) is 0.286. The minimum atomic E-state index is -2.12. The second-order valence-electron chi connectivity index (χ2n) is 7.18. The first-order chi connectivity index (χ1) is 13.8. The van der Waals surface area contributed by atoms with E-state index in [1.165, 1.54) is 6.07 Å². The number of methoxy groups -OCH3 is 1. The van der Waals surface area contributed by atoms with Crippen LogP contribution in [-0.4, -0.2) is 25.5 Å². The molecule has 0 radical (unpaired) electrons. The molecular formula is C21H19NO7. The zero-order chi connectivity index (χ0) is 21.0. The van der Waals surface area contributed by atoms with Gasteiger partial charge in [-0.25, -0.2) is 4.79 Å². The molecular weight excluding hydrogens is 378 g/mol. The Balaban J connectivity index is 2.06. The minimum Gasteiger partial charge on any atom is -0.444 e. The third-order valence-electron chi connectivity index (χ3n) is 5.38. The summed E-state index contributed by atoms with van der Waals surface area (Å²) in [4.78, 5) is 37.3. The predicted molar refractivity (Wildman–Crippen MR) is 100 cm³/mol. The molecule has 0 saturated carbocycles. The summed E-state index contributed by atoms with van der Waals surface area (Å²) >= 11 is 0. The molecule has 2 aromatic carbocycles. The number of fused-ring (bicyclic) bond motifs is 5. The number of hydrogen-bond donors (Lipinski definition) is 1. The van der Waals surface area contributed by atoms with E-state index in [2.05, 4.69) is 4.74 Å². The summed E-state index contributed by atoms with van der Waals surface area (Å²) < 4.78 is 21.7. The van der Waals surface area contributed by atoms with Crippen LogP contribution in [0.5, 0.6) is 5.75 Å². The van der Waals surface area contributed by atoms with Crippen molar-refractivity contribution in [1.82, 2.24) is 0 Å². The average molecular weight is 397 g/mol. The van der Waals surface area contributed by atoms with E-state index in [4.69, 9.17) is 19.9 Å². The van der Waals surface area contributed by atoms with E-state index in [1.807, 2.05) is 13.8 Å². The Hall–Kier alpha value is -3.55. The minimum absolute atomic E-state index is 0.0665. The maximum absolute atomic E-state index is 13.6. The van der Waals surface area contributed by atoms with Gasteiger partial charge in [0, 0.05) is 5.69 Å². The van der Waals surface area contributed by atoms with Crippen LogP contribution in [0.2, 0.25) is 0 Å². The number of Topliss-reactive ketones (excluding diaryl/α,β-unsaturated/α-hetero) is 1. The van der Waals surface area contributed by atoms with Crippen molar-refractivity contribution in [2.24, 2.45) is 0 Å². The Bertz CT molecular complexity index is 1050. The van der Waals surface area contributed by atoms with Crippen LogP contribution in [0, 0.1) is 0 Å².